The molecule has 1 aliphatic carbocycles. The van der Waals surface area contributed by atoms with Gasteiger partial charge in [0.25, 0.3) is 0 Å². The molecule has 3 fully saturated rings. The van der Waals surface area contributed by atoms with E-state index in [2.05, 4.69) is 25.2 Å². The van der Waals surface area contributed by atoms with Crippen LogP contribution in [0.4, 0.5) is 29.1 Å². The van der Waals surface area contributed by atoms with E-state index in [9.17, 15) is 22.4 Å². The van der Waals surface area contributed by atoms with Gasteiger partial charge in [-0.2, -0.15) is 18.3 Å². The quantitative estimate of drug-likeness (QED) is 0.444. The molecule has 3 aromatic rings. The number of anilines is 2. The molecule has 2 saturated heterocycles. The Morgan fingerprint density at radius 2 is 1.90 bits per heavy atom. The molecular weight excluding hydrogens is 552 g/mol. The van der Waals surface area contributed by atoms with Gasteiger partial charge >= 0.3 is 6.18 Å². The molecule has 1 aromatic carbocycles. The number of hydrogen-bond acceptors (Lipinski definition) is 6. The lowest BCUT2D eigenvalue weighted by molar-refractivity contribution is -0.144. The van der Waals surface area contributed by atoms with E-state index in [1.807, 2.05) is 19.1 Å². The molecule has 0 spiro atoms. The first kappa shape index (κ1) is 27.2. The second-order valence-corrected chi connectivity index (χ2v) is 11.4. The van der Waals surface area contributed by atoms with Crippen LogP contribution < -0.4 is 10.2 Å². The van der Waals surface area contributed by atoms with Crippen molar-refractivity contribution in [3.63, 3.8) is 0 Å². The van der Waals surface area contributed by atoms with Gasteiger partial charge in [-0.3, -0.25) is 14.4 Å². The highest BCUT2D eigenvalue weighted by Gasteiger charge is 2.50. The zero-order valence-electron chi connectivity index (χ0n) is 22.0. The fourth-order valence-corrected chi connectivity index (χ4v) is 6.26. The monoisotopic (exact) mass is 580 g/mol. The van der Waals surface area contributed by atoms with Gasteiger partial charge in [0.2, 0.25) is 5.91 Å². The van der Waals surface area contributed by atoms with E-state index in [0.29, 0.717) is 50.0 Å². The van der Waals surface area contributed by atoms with Crippen molar-refractivity contribution in [1.29, 1.82) is 0 Å². The molecule has 2 aromatic heterocycles. The zero-order valence-corrected chi connectivity index (χ0v) is 22.8. The van der Waals surface area contributed by atoms with Crippen molar-refractivity contribution < 1.29 is 27.1 Å². The van der Waals surface area contributed by atoms with Crippen LogP contribution in [0.3, 0.4) is 0 Å². The lowest BCUT2D eigenvalue weighted by atomic mass is 9.96. The number of nitrogens with zero attached hydrogens (tertiary/aromatic N) is 5. The molecule has 3 aliphatic rings. The fraction of sp³-hybridized carbons (Fsp3) is 0.519. The summed E-state index contributed by atoms with van der Waals surface area (Å²) in [6, 6.07) is 5.49. The zero-order chi connectivity index (χ0) is 28.4. The molecule has 6 rings (SSSR count). The number of aryl methyl sites for hydroxylation is 1. The van der Waals surface area contributed by atoms with Crippen LogP contribution in [-0.4, -0.2) is 76.7 Å². The predicted molar refractivity (Wildman–Crippen MR) is 142 cm³/mol. The van der Waals surface area contributed by atoms with Crippen molar-refractivity contribution >= 4 is 39.8 Å². The van der Waals surface area contributed by atoms with Crippen LogP contribution >= 0.6 is 11.6 Å². The molecule has 0 unspecified atom stereocenters. The molecular formula is C27H29ClF4N6O2. The number of nitrogens with one attached hydrogen (secondary N) is 1. The number of benzene rings is 1. The van der Waals surface area contributed by atoms with Crippen LogP contribution in [-0.2, 0) is 22.8 Å². The Kier molecular flexibility index (Phi) is 6.70. The second kappa shape index (κ2) is 9.85. The summed E-state index contributed by atoms with van der Waals surface area (Å²) in [5, 5.41) is 8.68. The molecule has 13 heteroatoms. The topological polar surface area (TPSA) is 75.5 Å². The van der Waals surface area contributed by atoms with Crippen molar-refractivity contribution in [2.45, 2.75) is 37.1 Å². The molecule has 214 valence electrons. The summed E-state index contributed by atoms with van der Waals surface area (Å²) in [5.74, 6) is -1.20. The number of carbonyl (C=O) groups excluding carboxylic acids is 1. The van der Waals surface area contributed by atoms with Crippen LogP contribution in [0.5, 0.6) is 0 Å². The minimum Gasteiger partial charge on any atom is -0.376 e. The van der Waals surface area contributed by atoms with Gasteiger partial charge in [-0.1, -0.05) is 11.6 Å². The Balaban J connectivity index is 1.15. The van der Waals surface area contributed by atoms with Crippen LogP contribution in [0.1, 0.15) is 30.5 Å². The first-order chi connectivity index (χ1) is 19.0. The lowest BCUT2D eigenvalue weighted by Gasteiger charge is -2.44. The number of alkyl halides is 4. The van der Waals surface area contributed by atoms with Gasteiger partial charge in [0, 0.05) is 56.3 Å². The van der Waals surface area contributed by atoms with E-state index >= 15 is 0 Å². The summed E-state index contributed by atoms with van der Waals surface area (Å²) in [6.45, 7) is 5.07. The Labute approximate surface area is 233 Å². The van der Waals surface area contributed by atoms with Gasteiger partial charge in [-0.05, 0) is 42.8 Å². The maximum absolute atomic E-state index is 14.5. The number of aromatic nitrogens is 3. The first-order valence-corrected chi connectivity index (χ1v) is 13.5. The summed E-state index contributed by atoms with van der Waals surface area (Å²) in [6.07, 6.45) is -2.46. The molecule has 2 aliphatic heterocycles. The summed E-state index contributed by atoms with van der Waals surface area (Å²) >= 11 is 6.63. The third-order valence-electron chi connectivity index (χ3n) is 8.48. The number of fused-ring (bicyclic) bond motifs is 1. The summed E-state index contributed by atoms with van der Waals surface area (Å²) in [5.41, 5.74) is -0.570. The number of carbonyl (C=O) groups is 1. The van der Waals surface area contributed by atoms with Crippen LogP contribution in [0.15, 0.2) is 30.6 Å². The van der Waals surface area contributed by atoms with Crippen molar-refractivity contribution in [3.05, 3.63) is 46.9 Å². The molecule has 0 bridgehead atoms. The third kappa shape index (κ3) is 4.79. The van der Waals surface area contributed by atoms with Crippen LogP contribution in [0, 0.1) is 5.92 Å². The third-order valence-corrected chi connectivity index (χ3v) is 8.78. The Morgan fingerprint density at radius 1 is 1.15 bits per heavy atom. The van der Waals surface area contributed by atoms with E-state index in [-0.39, 0.29) is 18.1 Å². The molecule has 4 atom stereocenters. The van der Waals surface area contributed by atoms with Gasteiger partial charge in [0.1, 0.15) is 17.7 Å². The molecule has 1 amide bonds. The Morgan fingerprint density at radius 3 is 2.58 bits per heavy atom. The van der Waals surface area contributed by atoms with Gasteiger partial charge in [0.15, 0.2) is 0 Å². The van der Waals surface area contributed by atoms with E-state index < -0.39 is 35.4 Å². The van der Waals surface area contributed by atoms with Gasteiger partial charge in [-0.25, -0.2) is 9.37 Å². The summed E-state index contributed by atoms with van der Waals surface area (Å²) in [7, 11) is 1.24. The van der Waals surface area contributed by atoms with E-state index in [0.717, 1.165) is 21.1 Å². The van der Waals surface area contributed by atoms with Crippen molar-refractivity contribution in [3.8, 4) is 0 Å². The number of amides is 1. The van der Waals surface area contributed by atoms with Crippen molar-refractivity contribution in [2.24, 2.45) is 13.0 Å². The van der Waals surface area contributed by atoms with Crippen molar-refractivity contribution in [2.75, 3.05) is 49.6 Å². The summed E-state index contributed by atoms with van der Waals surface area (Å²) in [4.78, 5) is 21.5. The molecule has 40 heavy (non-hydrogen) atoms. The smallest absolute Gasteiger partial charge is 0.376 e. The summed E-state index contributed by atoms with van der Waals surface area (Å²) < 4.78 is 61.1. The fourth-order valence-electron chi connectivity index (χ4n) is 5.97. The highest BCUT2D eigenvalue weighted by molar-refractivity contribution is 6.34. The largest absolute Gasteiger partial charge is 0.433 e. The normalized spacial score (nSPS) is 27.4. The second-order valence-electron chi connectivity index (χ2n) is 11.0. The number of hydrogen-bond donors (Lipinski definition) is 1. The number of rotatable bonds is 5. The van der Waals surface area contributed by atoms with E-state index in [1.54, 1.807) is 12.3 Å². The maximum atomic E-state index is 14.5. The van der Waals surface area contributed by atoms with E-state index in [4.69, 9.17) is 16.3 Å². The number of pyridine rings is 1. The number of halogens is 5. The SMILES string of the molecule is Cn1ncc([C@@H]2C[C@H]2C(=O)Nc2cc3cc(N4CCN([C@]5(C)COC[C@@H]5F)CC4)c(Cl)cc3cn2)c1C(F)(F)F. The van der Waals surface area contributed by atoms with E-state index in [1.165, 1.54) is 13.2 Å². The molecule has 1 N–H and O–H groups in total. The van der Waals surface area contributed by atoms with Gasteiger partial charge in [0.05, 0.1) is 35.7 Å². The lowest BCUT2D eigenvalue weighted by Crippen LogP contribution is -2.59. The first-order valence-electron chi connectivity index (χ1n) is 13.2. The van der Waals surface area contributed by atoms with Gasteiger partial charge in [-0.15, -0.1) is 0 Å². The number of piperazine rings is 1. The highest BCUT2D eigenvalue weighted by atomic mass is 35.5. The Hall–Kier alpha value is -2.96. The standard InChI is InChI=1S/C27H29ClF4N6O2/c1-26(14-40-13-22(26)29)38-5-3-37(4-6-38)21-8-15-9-23(33-11-16(15)7-20(21)28)35-25(39)18-10-17(18)19-12-34-36(2)24(19)27(30,31)32/h7-9,11-12,17-18,22H,3-6,10,13-14H2,1-2H3,(H,33,35,39)/t17-,18-,22+,26-/m1/s1. The Bertz CT molecular complexity index is 1460. The predicted octanol–water partition coefficient (Wildman–Crippen LogP) is 4.63. The minimum atomic E-state index is -4.55. The molecule has 0 radical (unpaired) electrons. The van der Waals surface area contributed by atoms with Gasteiger partial charge < -0.3 is 15.0 Å². The molecule has 8 nitrogen and oxygen atoms in total. The van der Waals surface area contributed by atoms with Crippen LogP contribution in [0.2, 0.25) is 5.02 Å². The average molecular weight is 581 g/mol. The van der Waals surface area contributed by atoms with Crippen molar-refractivity contribution in [1.82, 2.24) is 19.7 Å². The minimum absolute atomic E-state index is 0.0393. The average Bonchev–Trinajstić information content (AvgIpc) is 3.50. The molecule has 4 heterocycles. The van der Waals surface area contributed by atoms with Crippen LogP contribution in [0.25, 0.3) is 10.8 Å². The molecule has 1 saturated carbocycles. The number of ether oxygens (including phenoxy) is 1. The highest BCUT2D eigenvalue weighted by Crippen LogP contribution is 2.51. The maximum Gasteiger partial charge on any atom is 0.433 e.